The summed E-state index contributed by atoms with van der Waals surface area (Å²) >= 11 is 0. The highest BCUT2D eigenvalue weighted by Gasteiger charge is 2.19. The fraction of sp³-hybridized carbons (Fsp3) is 0.333. The molecule has 6 heteroatoms. The second-order valence-corrected chi connectivity index (χ2v) is 4.81. The second kappa shape index (κ2) is 6.90. The number of benzene rings is 1. The first-order valence-corrected chi connectivity index (χ1v) is 6.80. The van der Waals surface area contributed by atoms with Crippen molar-refractivity contribution in [2.75, 3.05) is 23.8 Å². The number of ether oxygens (including phenoxy) is 1. The number of nitrogens with two attached hydrogens (primary N) is 1. The van der Waals surface area contributed by atoms with Crippen LogP contribution in [0.1, 0.15) is 19.8 Å². The molecule has 112 valence electrons. The molecule has 0 unspecified atom stereocenters. The van der Waals surface area contributed by atoms with Crippen LogP contribution in [0.25, 0.3) is 0 Å². The van der Waals surface area contributed by atoms with E-state index in [9.17, 15) is 9.59 Å². The van der Waals surface area contributed by atoms with Gasteiger partial charge in [-0.15, -0.1) is 0 Å². The number of nitrogens with zero attached hydrogens (tertiary/aromatic N) is 1. The van der Waals surface area contributed by atoms with Crippen LogP contribution in [0.2, 0.25) is 0 Å². The van der Waals surface area contributed by atoms with Crippen molar-refractivity contribution in [1.82, 2.24) is 5.32 Å². The number of urea groups is 1. The average Bonchev–Trinajstić information content (AvgIpc) is 2.48. The number of imide groups is 1. The lowest BCUT2D eigenvalue weighted by Crippen LogP contribution is -2.41. The molecule has 3 amide bonds. The van der Waals surface area contributed by atoms with Crippen molar-refractivity contribution in [3.05, 3.63) is 36.0 Å². The van der Waals surface area contributed by atoms with Crippen LogP contribution in [-0.4, -0.2) is 25.2 Å². The molecule has 1 fully saturated rings. The van der Waals surface area contributed by atoms with E-state index in [2.05, 4.69) is 5.32 Å². The standard InChI is InChI=1S/C15H19N3O3/c1-11(19)18(14-4-2-13(16)3-5-14)15(20)17-10-12-6-8-21-9-7-12/h2-5,10H,6-9,16H2,1H3,(H,17,20). The second-order valence-electron chi connectivity index (χ2n) is 4.81. The molecular weight excluding hydrogens is 270 g/mol. The monoisotopic (exact) mass is 289 g/mol. The molecule has 0 atom stereocenters. The van der Waals surface area contributed by atoms with E-state index in [1.807, 2.05) is 0 Å². The van der Waals surface area contributed by atoms with Crippen molar-refractivity contribution in [2.45, 2.75) is 19.8 Å². The van der Waals surface area contributed by atoms with Crippen molar-refractivity contribution >= 4 is 23.3 Å². The average molecular weight is 289 g/mol. The number of hydrogen-bond acceptors (Lipinski definition) is 4. The maximum Gasteiger partial charge on any atom is 0.332 e. The van der Waals surface area contributed by atoms with Gasteiger partial charge in [0.1, 0.15) is 0 Å². The van der Waals surface area contributed by atoms with Crippen molar-refractivity contribution in [2.24, 2.45) is 0 Å². The summed E-state index contributed by atoms with van der Waals surface area (Å²) in [6, 6.07) is 6.09. The first-order chi connectivity index (χ1) is 10.1. The molecule has 6 nitrogen and oxygen atoms in total. The Bertz CT molecular complexity index is 544. The minimum Gasteiger partial charge on any atom is -0.399 e. The highest BCUT2D eigenvalue weighted by molar-refractivity contribution is 6.13. The Labute approximate surface area is 123 Å². The molecular formula is C15H19N3O3. The van der Waals surface area contributed by atoms with Gasteiger partial charge < -0.3 is 15.8 Å². The predicted octanol–water partition coefficient (Wildman–Crippen LogP) is 2.03. The molecule has 1 aromatic rings. The fourth-order valence-electron chi connectivity index (χ4n) is 2.07. The van der Waals surface area contributed by atoms with Gasteiger partial charge in [0.15, 0.2) is 0 Å². The van der Waals surface area contributed by atoms with Gasteiger partial charge in [-0.05, 0) is 42.7 Å². The van der Waals surface area contributed by atoms with E-state index in [0.29, 0.717) is 24.6 Å². The zero-order valence-corrected chi connectivity index (χ0v) is 12.0. The number of rotatable bonds is 2. The number of carbonyl (C=O) groups is 2. The topological polar surface area (TPSA) is 84.7 Å². The minimum atomic E-state index is -0.480. The molecule has 0 bridgehead atoms. The van der Waals surface area contributed by atoms with Crippen molar-refractivity contribution in [3.63, 3.8) is 0 Å². The summed E-state index contributed by atoms with van der Waals surface area (Å²) in [5.41, 5.74) is 7.78. The van der Waals surface area contributed by atoms with Gasteiger partial charge in [-0.2, -0.15) is 0 Å². The normalized spacial score (nSPS) is 14.4. The molecule has 0 saturated carbocycles. The molecule has 1 aromatic carbocycles. The minimum absolute atomic E-state index is 0.359. The van der Waals surface area contributed by atoms with Gasteiger partial charge in [0, 0.05) is 18.8 Å². The van der Waals surface area contributed by atoms with E-state index in [1.54, 1.807) is 30.5 Å². The zero-order valence-electron chi connectivity index (χ0n) is 12.0. The highest BCUT2D eigenvalue weighted by Crippen LogP contribution is 2.17. The summed E-state index contributed by atoms with van der Waals surface area (Å²) in [5.74, 6) is -0.359. The van der Waals surface area contributed by atoms with E-state index in [0.717, 1.165) is 23.3 Å². The summed E-state index contributed by atoms with van der Waals surface area (Å²) in [5, 5.41) is 2.66. The Morgan fingerprint density at radius 1 is 1.24 bits per heavy atom. The smallest absolute Gasteiger partial charge is 0.332 e. The quantitative estimate of drug-likeness (QED) is 0.816. The SMILES string of the molecule is CC(=O)N(C(=O)NC=C1CCOCC1)c1ccc(N)cc1. The van der Waals surface area contributed by atoms with Gasteiger partial charge in [-0.1, -0.05) is 0 Å². The van der Waals surface area contributed by atoms with Gasteiger partial charge >= 0.3 is 6.03 Å². The Morgan fingerprint density at radius 3 is 2.43 bits per heavy atom. The van der Waals surface area contributed by atoms with Crippen LogP contribution in [0.4, 0.5) is 16.2 Å². The predicted molar refractivity (Wildman–Crippen MR) is 80.7 cm³/mol. The van der Waals surface area contributed by atoms with Crippen molar-refractivity contribution in [3.8, 4) is 0 Å². The molecule has 0 radical (unpaired) electrons. The number of amides is 3. The molecule has 2 rings (SSSR count). The maximum absolute atomic E-state index is 12.2. The number of carbonyl (C=O) groups excluding carboxylic acids is 2. The van der Waals surface area contributed by atoms with Crippen LogP contribution in [0.15, 0.2) is 36.0 Å². The Morgan fingerprint density at radius 2 is 1.86 bits per heavy atom. The third kappa shape index (κ3) is 4.06. The van der Waals surface area contributed by atoms with Gasteiger partial charge in [0.05, 0.1) is 18.9 Å². The van der Waals surface area contributed by atoms with E-state index in [-0.39, 0.29) is 5.91 Å². The largest absolute Gasteiger partial charge is 0.399 e. The molecule has 1 heterocycles. The molecule has 0 aromatic heterocycles. The van der Waals surface area contributed by atoms with Crippen LogP contribution in [0, 0.1) is 0 Å². The maximum atomic E-state index is 12.2. The summed E-state index contributed by atoms with van der Waals surface area (Å²) < 4.78 is 5.24. The van der Waals surface area contributed by atoms with Gasteiger partial charge in [0.25, 0.3) is 0 Å². The highest BCUT2D eigenvalue weighted by atomic mass is 16.5. The lowest BCUT2D eigenvalue weighted by atomic mass is 10.1. The molecule has 0 spiro atoms. The van der Waals surface area contributed by atoms with Crippen LogP contribution in [0.3, 0.4) is 0 Å². The summed E-state index contributed by atoms with van der Waals surface area (Å²) in [6.07, 6.45) is 3.25. The Balaban J connectivity index is 2.09. The number of hydrogen-bond donors (Lipinski definition) is 2. The van der Waals surface area contributed by atoms with Crippen LogP contribution in [0.5, 0.6) is 0 Å². The van der Waals surface area contributed by atoms with Gasteiger partial charge in [-0.25, -0.2) is 9.69 Å². The van der Waals surface area contributed by atoms with E-state index in [4.69, 9.17) is 10.5 Å². The zero-order chi connectivity index (χ0) is 15.2. The lowest BCUT2D eigenvalue weighted by molar-refractivity contribution is -0.115. The lowest BCUT2D eigenvalue weighted by Gasteiger charge is -2.20. The van der Waals surface area contributed by atoms with Crippen molar-refractivity contribution < 1.29 is 14.3 Å². The van der Waals surface area contributed by atoms with E-state index < -0.39 is 6.03 Å². The summed E-state index contributed by atoms with van der Waals surface area (Å²) in [6.45, 7) is 2.67. The Kier molecular flexibility index (Phi) is 4.94. The first kappa shape index (κ1) is 15.1. The molecule has 1 saturated heterocycles. The van der Waals surface area contributed by atoms with Crippen molar-refractivity contribution in [1.29, 1.82) is 0 Å². The third-order valence-corrected chi connectivity index (χ3v) is 3.20. The molecule has 0 aliphatic carbocycles. The first-order valence-electron chi connectivity index (χ1n) is 6.80. The summed E-state index contributed by atoms with van der Waals surface area (Å²) in [4.78, 5) is 25.0. The number of anilines is 2. The van der Waals surface area contributed by atoms with E-state index >= 15 is 0 Å². The number of nitrogen functional groups attached to an aromatic ring is 1. The van der Waals surface area contributed by atoms with Gasteiger partial charge in [0.2, 0.25) is 5.91 Å². The third-order valence-electron chi connectivity index (χ3n) is 3.20. The number of nitrogens with one attached hydrogen (secondary N) is 1. The van der Waals surface area contributed by atoms with E-state index in [1.165, 1.54) is 6.92 Å². The molecule has 1 aliphatic heterocycles. The van der Waals surface area contributed by atoms with Gasteiger partial charge in [-0.3, -0.25) is 4.79 Å². The van der Waals surface area contributed by atoms with Crippen LogP contribution in [-0.2, 0) is 9.53 Å². The molecule has 1 aliphatic rings. The van der Waals surface area contributed by atoms with Crippen LogP contribution < -0.4 is 16.0 Å². The Hall–Kier alpha value is -2.34. The molecule has 21 heavy (non-hydrogen) atoms. The van der Waals surface area contributed by atoms with Crippen LogP contribution >= 0.6 is 0 Å². The molecule has 3 N–H and O–H groups in total. The summed E-state index contributed by atoms with van der Waals surface area (Å²) in [7, 11) is 0. The fourth-order valence-corrected chi connectivity index (χ4v) is 2.07.